The first-order valence-electron chi connectivity index (χ1n) is 7.58. The van der Waals surface area contributed by atoms with Crippen molar-refractivity contribution in [2.45, 2.75) is 57.8 Å². The molecule has 3 unspecified atom stereocenters. The van der Waals surface area contributed by atoms with Crippen molar-refractivity contribution in [1.82, 2.24) is 4.98 Å². The molecule has 2 aliphatic heterocycles. The van der Waals surface area contributed by atoms with Crippen molar-refractivity contribution >= 4 is 16.5 Å². The van der Waals surface area contributed by atoms with Crippen molar-refractivity contribution < 1.29 is 9.84 Å². The van der Waals surface area contributed by atoms with Crippen LogP contribution in [0.5, 0.6) is 0 Å². The fraction of sp³-hybridized carbons (Fsp3) is 0.800. The molecule has 2 saturated heterocycles. The van der Waals surface area contributed by atoms with Gasteiger partial charge in [0.05, 0.1) is 28.9 Å². The number of morpholine rings is 1. The van der Waals surface area contributed by atoms with Crippen molar-refractivity contribution in [2.24, 2.45) is 5.41 Å². The quantitative estimate of drug-likeness (QED) is 0.864. The zero-order valence-electron chi connectivity index (χ0n) is 12.1. The number of hydrogen-bond acceptors (Lipinski definition) is 5. The molecule has 0 saturated carbocycles. The number of ether oxygens (including phenoxy) is 1. The van der Waals surface area contributed by atoms with Crippen molar-refractivity contribution in [1.29, 1.82) is 0 Å². The van der Waals surface area contributed by atoms with Gasteiger partial charge in [0.25, 0.3) is 0 Å². The van der Waals surface area contributed by atoms with Gasteiger partial charge in [0, 0.05) is 13.1 Å². The summed E-state index contributed by atoms with van der Waals surface area (Å²) in [4.78, 5) is 8.31. The zero-order chi connectivity index (χ0) is 13.9. The molecule has 3 atom stereocenters. The Labute approximate surface area is 123 Å². The lowest BCUT2D eigenvalue weighted by Gasteiger charge is -2.31. The van der Waals surface area contributed by atoms with Crippen LogP contribution in [0.3, 0.4) is 0 Å². The van der Waals surface area contributed by atoms with Crippen LogP contribution in [0.25, 0.3) is 0 Å². The fourth-order valence-electron chi connectivity index (χ4n) is 3.79. The molecular weight excluding hydrogens is 272 g/mol. The number of aliphatic hydroxyl groups is 1. The lowest BCUT2D eigenvalue weighted by molar-refractivity contribution is 0.0304. The van der Waals surface area contributed by atoms with Crippen LogP contribution < -0.4 is 4.90 Å². The smallest absolute Gasteiger partial charge is 0.186 e. The van der Waals surface area contributed by atoms with Crippen LogP contribution in [-0.4, -0.2) is 35.4 Å². The van der Waals surface area contributed by atoms with Gasteiger partial charge < -0.3 is 14.7 Å². The molecule has 2 bridgehead atoms. The second kappa shape index (κ2) is 4.42. The Bertz CT molecular complexity index is 516. The summed E-state index contributed by atoms with van der Waals surface area (Å²) in [7, 11) is 0. The number of aromatic nitrogens is 1. The van der Waals surface area contributed by atoms with Crippen LogP contribution in [0.4, 0.5) is 5.13 Å². The van der Waals surface area contributed by atoms with Crippen LogP contribution in [0, 0.1) is 5.41 Å². The molecule has 4 rings (SSSR count). The number of aliphatic hydroxyl groups excluding tert-OH is 1. The minimum atomic E-state index is -0.335. The second-order valence-electron chi connectivity index (χ2n) is 7.23. The minimum Gasteiger partial charge on any atom is -0.387 e. The highest BCUT2D eigenvalue weighted by Crippen LogP contribution is 2.45. The van der Waals surface area contributed by atoms with Gasteiger partial charge in [0.15, 0.2) is 5.13 Å². The summed E-state index contributed by atoms with van der Waals surface area (Å²) in [5, 5.41) is 11.4. The molecule has 3 aliphatic rings. The molecule has 1 aromatic rings. The van der Waals surface area contributed by atoms with Gasteiger partial charge in [0.2, 0.25) is 0 Å². The highest BCUT2D eigenvalue weighted by atomic mass is 32.1. The summed E-state index contributed by atoms with van der Waals surface area (Å²) < 4.78 is 5.89. The molecule has 0 spiro atoms. The van der Waals surface area contributed by atoms with Crippen molar-refractivity contribution in [3.8, 4) is 0 Å². The predicted molar refractivity (Wildman–Crippen MR) is 79.3 cm³/mol. The lowest BCUT2D eigenvalue weighted by atomic mass is 9.77. The second-order valence-corrected chi connectivity index (χ2v) is 8.24. The van der Waals surface area contributed by atoms with Crippen LogP contribution in [-0.2, 0) is 11.2 Å². The molecule has 0 amide bonds. The average Bonchev–Trinajstić information content (AvgIpc) is 2.92. The van der Waals surface area contributed by atoms with E-state index in [9.17, 15) is 5.11 Å². The summed E-state index contributed by atoms with van der Waals surface area (Å²) in [6.45, 7) is 6.35. The Kier molecular flexibility index (Phi) is 2.88. The Balaban J connectivity index is 1.62. The first-order chi connectivity index (χ1) is 9.50. The van der Waals surface area contributed by atoms with Crippen LogP contribution in [0.1, 0.15) is 49.8 Å². The molecule has 1 aromatic heterocycles. The maximum absolute atomic E-state index is 10.4. The van der Waals surface area contributed by atoms with E-state index in [1.54, 1.807) is 11.3 Å². The third kappa shape index (κ3) is 2.16. The molecule has 20 heavy (non-hydrogen) atoms. The average molecular weight is 294 g/mol. The van der Waals surface area contributed by atoms with Crippen molar-refractivity contribution in [3.05, 3.63) is 10.6 Å². The molecular formula is C15H22N2O2S. The maximum Gasteiger partial charge on any atom is 0.186 e. The molecule has 5 heteroatoms. The van der Waals surface area contributed by atoms with Crippen molar-refractivity contribution in [2.75, 3.05) is 18.0 Å². The SMILES string of the molecule is CC1(C)Cc2nc(N3CC4CCC(C3)O4)sc2C(O)C1. The third-order valence-electron chi connectivity index (χ3n) is 4.72. The monoisotopic (exact) mass is 294 g/mol. The summed E-state index contributed by atoms with van der Waals surface area (Å²) in [6.07, 6.45) is 4.62. The largest absolute Gasteiger partial charge is 0.387 e. The first-order valence-corrected chi connectivity index (χ1v) is 8.40. The predicted octanol–water partition coefficient (Wildman–Crippen LogP) is 2.52. The number of hydrogen-bond donors (Lipinski definition) is 1. The Hall–Kier alpha value is -0.650. The van der Waals surface area contributed by atoms with Gasteiger partial charge in [-0.1, -0.05) is 25.2 Å². The van der Waals surface area contributed by atoms with Crippen LogP contribution >= 0.6 is 11.3 Å². The Morgan fingerprint density at radius 1 is 1.30 bits per heavy atom. The van der Waals surface area contributed by atoms with Gasteiger partial charge in [-0.05, 0) is 31.1 Å². The van der Waals surface area contributed by atoms with E-state index in [0.717, 1.165) is 41.6 Å². The standard InChI is InChI=1S/C15H22N2O2S/c1-15(2)5-11-13(12(18)6-15)20-14(16-11)17-7-9-3-4-10(8-17)19-9/h9-10,12,18H,3-8H2,1-2H3. The highest BCUT2D eigenvalue weighted by molar-refractivity contribution is 7.15. The van der Waals surface area contributed by atoms with Gasteiger partial charge in [-0.15, -0.1) is 0 Å². The molecule has 1 N–H and O–H groups in total. The number of anilines is 1. The van der Waals surface area contributed by atoms with E-state index in [-0.39, 0.29) is 11.5 Å². The number of thiazole rings is 1. The molecule has 3 heterocycles. The summed E-state index contributed by atoms with van der Waals surface area (Å²) in [5.74, 6) is 0. The molecule has 4 nitrogen and oxygen atoms in total. The third-order valence-corrected chi connectivity index (χ3v) is 5.98. The first kappa shape index (κ1) is 13.0. The normalized spacial score (nSPS) is 35.1. The van der Waals surface area contributed by atoms with E-state index >= 15 is 0 Å². The van der Waals surface area contributed by atoms with E-state index < -0.39 is 0 Å². The van der Waals surface area contributed by atoms with E-state index in [1.165, 1.54) is 12.8 Å². The van der Waals surface area contributed by atoms with Crippen LogP contribution in [0.15, 0.2) is 0 Å². The summed E-state index contributed by atoms with van der Waals surface area (Å²) >= 11 is 1.69. The number of rotatable bonds is 1. The molecule has 2 fully saturated rings. The maximum atomic E-state index is 10.4. The number of nitrogens with zero attached hydrogens (tertiary/aromatic N) is 2. The van der Waals surface area contributed by atoms with Gasteiger partial charge in [-0.3, -0.25) is 0 Å². The van der Waals surface area contributed by atoms with Gasteiger partial charge in [-0.25, -0.2) is 4.98 Å². The fourth-order valence-corrected chi connectivity index (χ4v) is 4.87. The van der Waals surface area contributed by atoms with E-state index in [4.69, 9.17) is 9.72 Å². The molecule has 1 aliphatic carbocycles. The number of fused-ring (bicyclic) bond motifs is 3. The van der Waals surface area contributed by atoms with E-state index in [1.807, 2.05) is 0 Å². The Morgan fingerprint density at radius 2 is 2.00 bits per heavy atom. The summed E-state index contributed by atoms with van der Waals surface area (Å²) in [6, 6.07) is 0. The highest BCUT2D eigenvalue weighted by Gasteiger charge is 2.38. The van der Waals surface area contributed by atoms with Gasteiger partial charge in [0.1, 0.15) is 0 Å². The lowest BCUT2D eigenvalue weighted by Crippen LogP contribution is -2.42. The van der Waals surface area contributed by atoms with Gasteiger partial charge >= 0.3 is 0 Å². The summed E-state index contributed by atoms with van der Waals surface area (Å²) in [5.41, 5.74) is 1.27. The van der Waals surface area contributed by atoms with E-state index in [0.29, 0.717) is 12.2 Å². The van der Waals surface area contributed by atoms with Gasteiger partial charge in [-0.2, -0.15) is 0 Å². The van der Waals surface area contributed by atoms with Crippen LogP contribution in [0.2, 0.25) is 0 Å². The minimum absolute atomic E-state index is 0.155. The molecule has 0 aromatic carbocycles. The zero-order valence-corrected chi connectivity index (χ0v) is 12.9. The van der Waals surface area contributed by atoms with E-state index in [2.05, 4.69) is 18.7 Å². The van der Waals surface area contributed by atoms with Crippen molar-refractivity contribution in [3.63, 3.8) is 0 Å². The molecule has 0 radical (unpaired) electrons. The molecule has 110 valence electrons. The Morgan fingerprint density at radius 3 is 2.70 bits per heavy atom. The topological polar surface area (TPSA) is 45.6 Å².